The number of aryl methyl sites for hydroxylation is 1. The van der Waals surface area contributed by atoms with E-state index in [-0.39, 0.29) is 19.0 Å². The third-order valence-electron chi connectivity index (χ3n) is 2.96. The number of halogens is 3. The van der Waals surface area contributed by atoms with Crippen LogP contribution in [-0.4, -0.2) is 39.0 Å². The molecule has 2 atom stereocenters. The van der Waals surface area contributed by atoms with Crippen molar-refractivity contribution < 1.29 is 13.2 Å². The molecule has 0 radical (unpaired) electrons. The predicted octanol–water partition coefficient (Wildman–Crippen LogP) is 0.683. The Morgan fingerprint density at radius 2 is 2.18 bits per heavy atom. The molecule has 0 bridgehead atoms. The molecule has 1 aliphatic heterocycles. The highest BCUT2D eigenvalue weighted by Crippen LogP contribution is 2.32. The molecular weight excluding hydrogens is 235 g/mol. The Balaban J connectivity index is 1.83. The Morgan fingerprint density at radius 1 is 1.41 bits per heavy atom. The summed E-state index contributed by atoms with van der Waals surface area (Å²) >= 11 is 0. The molecule has 0 aromatic carbocycles. The Labute approximate surface area is 96.4 Å². The third-order valence-corrected chi connectivity index (χ3v) is 2.96. The molecule has 2 heterocycles. The molecule has 2 rings (SSSR count). The van der Waals surface area contributed by atoms with E-state index in [1.807, 2.05) is 0 Å². The predicted molar refractivity (Wildman–Crippen MR) is 53.1 cm³/mol. The third kappa shape index (κ3) is 3.15. The van der Waals surface area contributed by atoms with Gasteiger partial charge in [0.05, 0.1) is 13.0 Å². The lowest BCUT2D eigenvalue weighted by Gasteiger charge is -2.30. The normalized spacial score (nSPS) is 26.1. The maximum atomic E-state index is 12.4. The highest BCUT2D eigenvalue weighted by Gasteiger charge is 2.41. The van der Waals surface area contributed by atoms with Gasteiger partial charge < -0.3 is 5.32 Å². The summed E-state index contributed by atoms with van der Waals surface area (Å²) in [7, 11) is 1.66. The molecule has 17 heavy (non-hydrogen) atoms. The Hall–Kier alpha value is -1.18. The van der Waals surface area contributed by atoms with Gasteiger partial charge in [-0.05, 0) is 18.1 Å². The summed E-state index contributed by atoms with van der Waals surface area (Å²) in [5, 5.41) is 14.4. The summed E-state index contributed by atoms with van der Waals surface area (Å²) in [5.74, 6) is -0.663. The fourth-order valence-electron chi connectivity index (χ4n) is 1.99. The molecule has 0 spiro atoms. The van der Waals surface area contributed by atoms with Gasteiger partial charge in [0.2, 0.25) is 0 Å². The smallest absolute Gasteiger partial charge is 0.313 e. The fraction of sp³-hybridized carbons (Fsp3) is 0.889. The first-order valence-electron chi connectivity index (χ1n) is 5.48. The molecule has 1 aliphatic rings. The maximum Gasteiger partial charge on any atom is 0.393 e. The summed E-state index contributed by atoms with van der Waals surface area (Å²) < 4.78 is 37.3. The Bertz CT molecular complexity index is 367. The number of nitrogens with one attached hydrogen (secondary N) is 1. The van der Waals surface area contributed by atoms with Gasteiger partial charge in [0.1, 0.15) is 0 Å². The van der Waals surface area contributed by atoms with E-state index in [2.05, 4.69) is 20.7 Å². The molecule has 2 unspecified atom stereocenters. The lowest BCUT2D eigenvalue weighted by atomic mass is 9.93. The van der Waals surface area contributed by atoms with Crippen LogP contribution in [0.1, 0.15) is 18.7 Å². The van der Waals surface area contributed by atoms with Gasteiger partial charge in [-0.2, -0.15) is 18.0 Å². The second kappa shape index (κ2) is 4.59. The molecule has 1 aromatic rings. The van der Waals surface area contributed by atoms with Crippen LogP contribution in [0, 0.1) is 5.92 Å². The van der Waals surface area contributed by atoms with Crippen LogP contribution in [0.2, 0.25) is 0 Å². The number of piperidine rings is 1. The van der Waals surface area contributed by atoms with Gasteiger partial charge in [0.25, 0.3) is 0 Å². The summed E-state index contributed by atoms with van der Waals surface area (Å²) in [6.07, 6.45) is -2.91. The van der Waals surface area contributed by atoms with Gasteiger partial charge >= 0.3 is 6.18 Å². The zero-order chi connectivity index (χ0) is 12.5. The van der Waals surface area contributed by atoms with E-state index in [9.17, 15) is 13.2 Å². The average Bonchev–Trinajstić information content (AvgIpc) is 2.63. The first-order chi connectivity index (χ1) is 7.95. The van der Waals surface area contributed by atoms with Crippen molar-refractivity contribution in [1.29, 1.82) is 0 Å². The number of alkyl halides is 3. The lowest BCUT2D eigenvalue weighted by molar-refractivity contribution is -0.179. The van der Waals surface area contributed by atoms with E-state index in [1.54, 1.807) is 7.05 Å². The first kappa shape index (κ1) is 12.3. The quantitative estimate of drug-likeness (QED) is 0.837. The monoisotopic (exact) mass is 249 g/mol. The molecule has 0 amide bonds. The Kier molecular flexibility index (Phi) is 3.32. The summed E-state index contributed by atoms with van der Waals surface area (Å²) in [4.78, 5) is 1.34. The van der Waals surface area contributed by atoms with Gasteiger partial charge in [-0.3, -0.25) is 0 Å². The fourth-order valence-corrected chi connectivity index (χ4v) is 1.99. The van der Waals surface area contributed by atoms with Crippen molar-refractivity contribution in [3.63, 3.8) is 0 Å². The number of tetrazole rings is 1. The van der Waals surface area contributed by atoms with Crippen LogP contribution in [-0.2, 0) is 13.5 Å². The minimum Gasteiger partial charge on any atom is -0.313 e. The summed E-state index contributed by atoms with van der Waals surface area (Å²) in [6, 6.07) is 0.0119. The van der Waals surface area contributed by atoms with E-state index in [0.29, 0.717) is 18.7 Å². The van der Waals surface area contributed by atoms with Crippen molar-refractivity contribution in [1.82, 2.24) is 25.5 Å². The molecule has 0 aliphatic carbocycles. The molecule has 1 fully saturated rings. The van der Waals surface area contributed by atoms with Gasteiger partial charge in [-0.25, -0.2) is 0 Å². The molecule has 1 N–H and O–H groups in total. The van der Waals surface area contributed by atoms with Gasteiger partial charge in [0, 0.05) is 19.0 Å². The molecule has 1 saturated heterocycles. The van der Waals surface area contributed by atoms with Crippen LogP contribution in [0.15, 0.2) is 0 Å². The zero-order valence-corrected chi connectivity index (χ0v) is 9.41. The van der Waals surface area contributed by atoms with Crippen LogP contribution in [0.5, 0.6) is 0 Å². The van der Waals surface area contributed by atoms with Crippen LogP contribution in [0.25, 0.3) is 0 Å². The molecule has 0 saturated carbocycles. The van der Waals surface area contributed by atoms with Crippen molar-refractivity contribution in [2.75, 3.05) is 6.54 Å². The van der Waals surface area contributed by atoms with Crippen molar-refractivity contribution in [3.8, 4) is 0 Å². The van der Waals surface area contributed by atoms with E-state index in [1.165, 1.54) is 4.80 Å². The Morgan fingerprint density at radius 3 is 2.65 bits per heavy atom. The van der Waals surface area contributed by atoms with E-state index in [0.717, 1.165) is 0 Å². The average molecular weight is 249 g/mol. The number of rotatable bonds is 2. The highest BCUT2D eigenvalue weighted by molar-refractivity contribution is 4.89. The standard InChI is InChI=1S/C9H14F3N5/c1-17-15-8(14-16-17)4-7-3-2-6(5-13-7)9(10,11)12/h6-7,13H,2-5H2,1H3. The van der Waals surface area contributed by atoms with Gasteiger partial charge in [-0.1, -0.05) is 0 Å². The number of hydrogen-bond donors (Lipinski definition) is 1. The maximum absolute atomic E-state index is 12.4. The van der Waals surface area contributed by atoms with Crippen LogP contribution < -0.4 is 5.32 Å². The SMILES string of the molecule is Cn1nnc(CC2CCC(C(F)(F)F)CN2)n1. The van der Waals surface area contributed by atoms with Crippen molar-refractivity contribution in [2.45, 2.75) is 31.5 Å². The van der Waals surface area contributed by atoms with Crippen molar-refractivity contribution in [3.05, 3.63) is 5.82 Å². The van der Waals surface area contributed by atoms with Crippen molar-refractivity contribution >= 4 is 0 Å². The van der Waals surface area contributed by atoms with Crippen LogP contribution >= 0.6 is 0 Å². The molecule has 5 nitrogen and oxygen atoms in total. The number of nitrogens with zero attached hydrogens (tertiary/aromatic N) is 4. The molecular formula is C9H14F3N5. The molecule has 8 heteroatoms. The minimum atomic E-state index is -4.09. The zero-order valence-electron chi connectivity index (χ0n) is 9.41. The van der Waals surface area contributed by atoms with Crippen LogP contribution in [0.4, 0.5) is 13.2 Å². The molecule has 96 valence electrons. The van der Waals surface area contributed by atoms with Crippen LogP contribution in [0.3, 0.4) is 0 Å². The summed E-state index contributed by atoms with van der Waals surface area (Å²) in [5.41, 5.74) is 0. The lowest BCUT2D eigenvalue weighted by Crippen LogP contribution is -2.45. The minimum absolute atomic E-state index is 0.0119. The van der Waals surface area contributed by atoms with E-state index in [4.69, 9.17) is 0 Å². The van der Waals surface area contributed by atoms with Gasteiger partial charge in [-0.15, -0.1) is 10.2 Å². The van der Waals surface area contributed by atoms with Gasteiger partial charge in [0.15, 0.2) is 5.82 Å². The van der Waals surface area contributed by atoms with E-state index < -0.39 is 12.1 Å². The second-order valence-electron chi connectivity index (χ2n) is 4.32. The second-order valence-corrected chi connectivity index (χ2v) is 4.32. The first-order valence-corrected chi connectivity index (χ1v) is 5.48. The largest absolute Gasteiger partial charge is 0.393 e. The number of aromatic nitrogens is 4. The highest BCUT2D eigenvalue weighted by atomic mass is 19.4. The topological polar surface area (TPSA) is 55.6 Å². The molecule has 1 aromatic heterocycles. The summed E-state index contributed by atoms with van der Waals surface area (Å²) in [6.45, 7) is -0.0194. The number of hydrogen-bond acceptors (Lipinski definition) is 4. The van der Waals surface area contributed by atoms with Crippen molar-refractivity contribution in [2.24, 2.45) is 13.0 Å². The van der Waals surface area contributed by atoms with E-state index >= 15 is 0 Å².